The number of fused-ring (bicyclic) bond motifs is 1. The molecule has 2 aromatic rings. The van der Waals surface area contributed by atoms with Gasteiger partial charge in [0.15, 0.2) is 0 Å². The average molecular weight is 400 g/mol. The number of rotatable bonds is 3. The van der Waals surface area contributed by atoms with E-state index < -0.39 is 23.6 Å². The summed E-state index contributed by atoms with van der Waals surface area (Å²) < 4.78 is 6.55. The van der Waals surface area contributed by atoms with Crippen LogP contribution in [0.1, 0.15) is 51.0 Å². The van der Waals surface area contributed by atoms with Gasteiger partial charge in [-0.05, 0) is 45.7 Å². The lowest BCUT2D eigenvalue weighted by Gasteiger charge is -2.24. The van der Waals surface area contributed by atoms with Crippen molar-refractivity contribution in [2.24, 2.45) is 0 Å². The quantitative estimate of drug-likeness (QED) is 0.757. The summed E-state index contributed by atoms with van der Waals surface area (Å²) in [7, 11) is 0. The Morgan fingerprint density at radius 3 is 2.69 bits per heavy atom. The minimum atomic E-state index is -0.802. The summed E-state index contributed by atoms with van der Waals surface area (Å²) in [5.74, 6) is -0.487. The van der Waals surface area contributed by atoms with E-state index in [1.807, 2.05) is 0 Å². The first-order chi connectivity index (χ1) is 13.6. The molecule has 154 valence electrons. The van der Waals surface area contributed by atoms with E-state index in [0.29, 0.717) is 22.3 Å². The lowest BCUT2D eigenvalue weighted by molar-refractivity contribution is -0.135. The number of benzene rings is 1. The molecule has 0 saturated carbocycles. The fourth-order valence-electron chi connectivity index (χ4n) is 3.35. The largest absolute Gasteiger partial charge is 0.444 e. The molecule has 0 radical (unpaired) electrons. The first-order valence-corrected chi connectivity index (χ1v) is 9.38. The van der Waals surface area contributed by atoms with Gasteiger partial charge in [0.2, 0.25) is 11.8 Å². The van der Waals surface area contributed by atoms with Crippen LogP contribution in [0, 0.1) is 6.92 Å². The van der Waals surface area contributed by atoms with Gasteiger partial charge < -0.3 is 10.1 Å². The van der Waals surface area contributed by atoms with Crippen LogP contribution in [0.2, 0.25) is 0 Å². The molecule has 1 aliphatic heterocycles. The third-order valence-corrected chi connectivity index (χ3v) is 4.54. The smallest absolute Gasteiger partial charge is 0.407 e. The molecule has 3 rings (SSSR count). The summed E-state index contributed by atoms with van der Waals surface area (Å²) in [4.78, 5) is 53.5. The Bertz CT molecular complexity index is 1050. The van der Waals surface area contributed by atoms with Crippen molar-refractivity contribution in [3.63, 3.8) is 0 Å². The van der Waals surface area contributed by atoms with E-state index in [4.69, 9.17) is 4.74 Å². The zero-order chi connectivity index (χ0) is 21.3. The van der Waals surface area contributed by atoms with Crippen molar-refractivity contribution < 1.29 is 19.1 Å². The van der Waals surface area contributed by atoms with Crippen molar-refractivity contribution in [3.8, 4) is 0 Å². The molecular formula is C20H24N4O5. The number of ether oxygens (including phenoxy) is 1. The first kappa shape index (κ1) is 20.5. The van der Waals surface area contributed by atoms with E-state index in [0.717, 1.165) is 0 Å². The van der Waals surface area contributed by atoms with Gasteiger partial charge in [0, 0.05) is 13.0 Å². The molecule has 1 aromatic carbocycles. The number of carbonyl (C=O) groups excluding carboxylic acids is 3. The molecular weight excluding hydrogens is 376 g/mol. The monoisotopic (exact) mass is 400 g/mol. The summed E-state index contributed by atoms with van der Waals surface area (Å²) in [6.45, 7) is 7.00. The van der Waals surface area contributed by atoms with E-state index in [1.165, 1.54) is 4.57 Å². The second-order valence-corrected chi connectivity index (χ2v) is 7.97. The topological polar surface area (TPSA) is 119 Å². The Balaban J connectivity index is 1.99. The van der Waals surface area contributed by atoms with Crippen molar-refractivity contribution in [2.75, 3.05) is 0 Å². The Labute approximate surface area is 167 Å². The Kier molecular flexibility index (Phi) is 5.41. The van der Waals surface area contributed by atoms with Gasteiger partial charge in [-0.3, -0.25) is 24.3 Å². The highest BCUT2D eigenvalue weighted by atomic mass is 16.6. The second-order valence-electron chi connectivity index (χ2n) is 7.97. The van der Waals surface area contributed by atoms with Crippen LogP contribution in [-0.4, -0.2) is 33.1 Å². The minimum absolute atomic E-state index is 0.0710. The fourth-order valence-corrected chi connectivity index (χ4v) is 3.35. The molecule has 2 heterocycles. The fraction of sp³-hybridized carbons (Fsp3) is 0.450. The van der Waals surface area contributed by atoms with Crippen LogP contribution in [-0.2, 0) is 20.9 Å². The maximum atomic E-state index is 13.3. The van der Waals surface area contributed by atoms with Crippen LogP contribution in [0.15, 0.2) is 23.0 Å². The highest BCUT2D eigenvalue weighted by Crippen LogP contribution is 2.21. The van der Waals surface area contributed by atoms with Crippen molar-refractivity contribution in [3.05, 3.63) is 39.9 Å². The average Bonchev–Trinajstić information content (AvgIpc) is 2.60. The number of hydrogen-bond donors (Lipinski definition) is 2. The molecule has 9 nitrogen and oxygen atoms in total. The highest BCUT2D eigenvalue weighted by molar-refractivity contribution is 5.99. The number of piperidine rings is 1. The minimum Gasteiger partial charge on any atom is -0.444 e. The lowest BCUT2D eigenvalue weighted by atomic mass is 10.0. The van der Waals surface area contributed by atoms with Crippen molar-refractivity contribution in [1.29, 1.82) is 0 Å². The van der Waals surface area contributed by atoms with Crippen molar-refractivity contribution in [2.45, 2.75) is 58.7 Å². The van der Waals surface area contributed by atoms with E-state index >= 15 is 0 Å². The van der Waals surface area contributed by atoms with Gasteiger partial charge in [0.05, 0.1) is 10.9 Å². The number of nitrogens with one attached hydrogen (secondary N) is 2. The van der Waals surface area contributed by atoms with Gasteiger partial charge in [-0.1, -0.05) is 12.1 Å². The number of imide groups is 1. The maximum absolute atomic E-state index is 13.3. The molecule has 1 aliphatic rings. The van der Waals surface area contributed by atoms with Gasteiger partial charge in [-0.25, -0.2) is 9.78 Å². The highest BCUT2D eigenvalue weighted by Gasteiger charge is 2.30. The molecule has 0 spiro atoms. The third-order valence-electron chi connectivity index (χ3n) is 4.54. The van der Waals surface area contributed by atoms with Gasteiger partial charge in [-0.15, -0.1) is 0 Å². The summed E-state index contributed by atoms with van der Waals surface area (Å²) in [6, 6.07) is 4.36. The number of alkyl carbamates (subject to hydrolysis) is 1. The van der Waals surface area contributed by atoms with E-state index in [1.54, 1.807) is 45.9 Å². The third kappa shape index (κ3) is 4.44. The molecule has 1 fully saturated rings. The van der Waals surface area contributed by atoms with Crippen LogP contribution >= 0.6 is 0 Å². The number of amides is 3. The maximum Gasteiger partial charge on any atom is 0.407 e. The van der Waals surface area contributed by atoms with Gasteiger partial charge in [0.1, 0.15) is 17.5 Å². The summed E-state index contributed by atoms with van der Waals surface area (Å²) in [5, 5.41) is 5.23. The number of nitrogens with zero attached hydrogens (tertiary/aromatic N) is 2. The Morgan fingerprint density at radius 1 is 1.31 bits per heavy atom. The summed E-state index contributed by atoms with van der Waals surface area (Å²) >= 11 is 0. The zero-order valence-electron chi connectivity index (χ0n) is 16.9. The Morgan fingerprint density at radius 2 is 2.03 bits per heavy atom. The molecule has 1 unspecified atom stereocenters. The molecule has 1 atom stereocenters. The van der Waals surface area contributed by atoms with Crippen LogP contribution in [0.25, 0.3) is 10.9 Å². The predicted molar refractivity (Wildman–Crippen MR) is 105 cm³/mol. The molecule has 0 aliphatic carbocycles. The van der Waals surface area contributed by atoms with Crippen LogP contribution in [0.3, 0.4) is 0 Å². The summed E-state index contributed by atoms with van der Waals surface area (Å²) in [6.07, 6.45) is -0.209. The van der Waals surface area contributed by atoms with Crippen LogP contribution in [0.4, 0.5) is 4.79 Å². The molecule has 2 N–H and O–H groups in total. The number of carbonyl (C=O) groups is 3. The predicted octanol–water partition coefficient (Wildman–Crippen LogP) is 1.71. The second kappa shape index (κ2) is 7.65. The van der Waals surface area contributed by atoms with Crippen LogP contribution in [0.5, 0.6) is 0 Å². The van der Waals surface area contributed by atoms with E-state index in [-0.39, 0.29) is 30.9 Å². The molecule has 29 heavy (non-hydrogen) atoms. The number of aryl methyl sites for hydroxylation is 1. The normalized spacial score (nSPS) is 17.2. The SMILES string of the molecule is Cc1nc2cccc(CNC(=O)OC(C)(C)C)c2c(=O)n1C1CCC(=O)NC1=O. The van der Waals surface area contributed by atoms with Gasteiger partial charge in [-0.2, -0.15) is 0 Å². The summed E-state index contributed by atoms with van der Waals surface area (Å²) in [5.41, 5.74) is 0.00928. The molecule has 3 amide bonds. The van der Waals surface area contributed by atoms with Crippen molar-refractivity contribution >= 4 is 28.8 Å². The van der Waals surface area contributed by atoms with E-state index in [2.05, 4.69) is 15.6 Å². The number of hydrogen-bond acceptors (Lipinski definition) is 6. The molecule has 1 saturated heterocycles. The lowest BCUT2D eigenvalue weighted by Crippen LogP contribution is -2.45. The number of aromatic nitrogens is 2. The van der Waals surface area contributed by atoms with E-state index in [9.17, 15) is 19.2 Å². The van der Waals surface area contributed by atoms with Crippen LogP contribution < -0.4 is 16.2 Å². The molecule has 9 heteroatoms. The Hall–Kier alpha value is -3.23. The molecule has 0 bridgehead atoms. The van der Waals surface area contributed by atoms with Crippen molar-refractivity contribution in [1.82, 2.24) is 20.2 Å². The standard InChI is InChI=1S/C20H24N4O5/c1-11-22-13-7-5-6-12(10-21-19(28)29-20(2,3)4)16(13)18(27)24(11)14-8-9-15(25)23-17(14)26/h5-7,14H,8-10H2,1-4H3,(H,21,28)(H,23,25,26). The zero-order valence-corrected chi connectivity index (χ0v) is 16.9. The first-order valence-electron chi connectivity index (χ1n) is 9.38. The van der Waals surface area contributed by atoms with Gasteiger partial charge >= 0.3 is 6.09 Å². The molecule has 1 aromatic heterocycles. The van der Waals surface area contributed by atoms with Gasteiger partial charge in [0.25, 0.3) is 5.56 Å².